The number of benzene rings is 1. The summed E-state index contributed by atoms with van der Waals surface area (Å²) in [4.78, 5) is 3.30. The fourth-order valence-electron chi connectivity index (χ4n) is 2.06. The first-order valence-corrected chi connectivity index (χ1v) is 5.63. The van der Waals surface area contributed by atoms with E-state index in [2.05, 4.69) is 17.2 Å². The molecule has 2 rings (SSSR count). The lowest BCUT2D eigenvalue weighted by molar-refractivity contribution is 0.629. The van der Waals surface area contributed by atoms with Gasteiger partial charge < -0.3 is 10.3 Å². The van der Waals surface area contributed by atoms with Crippen LogP contribution in [0.5, 0.6) is 0 Å². The number of nitrogens with one attached hydrogen (secondary N) is 2. The molecule has 0 radical (unpaired) electrons. The van der Waals surface area contributed by atoms with Crippen LogP contribution < -0.4 is 5.32 Å². The number of aryl methyl sites for hydroxylation is 2. The van der Waals surface area contributed by atoms with Crippen LogP contribution in [-0.4, -0.2) is 18.6 Å². The maximum atomic E-state index is 13.1. The number of aromatic nitrogens is 1. The molecule has 0 saturated carbocycles. The monoisotopic (exact) mass is 220 g/mol. The summed E-state index contributed by atoms with van der Waals surface area (Å²) in [6.45, 7) is 3.09. The molecule has 1 heterocycles. The first-order chi connectivity index (χ1) is 7.72. The minimum absolute atomic E-state index is 0.185. The summed E-state index contributed by atoms with van der Waals surface area (Å²) in [5.41, 5.74) is 3.36. The van der Waals surface area contributed by atoms with Gasteiger partial charge >= 0.3 is 0 Å². The van der Waals surface area contributed by atoms with Crippen LogP contribution in [0.4, 0.5) is 4.39 Å². The fourth-order valence-corrected chi connectivity index (χ4v) is 2.06. The summed E-state index contributed by atoms with van der Waals surface area (Å²) in [6, 6.07) is 4.92. The zero-order chi connectivity index (χ0) is 11.5. The largest absolute Gasteiger partial charge is 0.358 e. The van der Waals surface area contributed by atoms with E-state index in [-0.39, 0.29) is 5.82 Å². The Balaban J connectivity index is 2.29. The summed E-state index contributed by atoms with van der Waals surface area (Å²) in [5.74, 6) is -0.185. The van der Waals surface area contributed by atoms with Crippen LogP contribution in [0, 0.1) is 12.7 Å². The van der Waals surface area contributed by atoms with Crippen molar-refractivity contribution < 1.29 is 4.39 Å². The smallest absolute Gasteiger partial charge is 0.125 e. The van der Waals surface area contributed by atoms with Crippen molar-refractivity contribution in [3.05, 3.63) is 35.3 Å². The Morgan fingerprint density at radius 3 is 2.94 bits per heavy atom. The number of H-pyrrole nitrogens is 1. The van der Waals surface area contributed by atoms with E-state index in [1.165, 1.54) is 17.3 Å². The molecule has 0 fully saturated rings. The SMILES string of the molecule is CNCCCc1[nH]c2cc(F)ccc2c1C. The van der Waals surface area contributed by atoms with Gasteiger partial charge in [-0.05, 0) is 57.1 Å². The highest BCUT2D eigenvalue weighted by molar-refractivity contribution is 5.84. The molecule has 0 bridgehead atoms. The molecule has 0 atom stereocenters. The van der Waals surface area contributed by atoms with E-state index in [4.69, 9.17) is 0 Å². The van der Waals surface area contributed by atoms with Crippen LogP contribution in [-0.2, 0) is 6.42 Å². The van der Waals surface area contributed by atoms with Crippen molar-refractivity contribution in [2.75, 3.05) is 13.6 Å². The van der Waals surface area contributed by atoms with Crippen LogP contribution in [0.1, 0.15) is 17.7 Å². The predicted molar refractivity (Wildman–Crippen MR) is 65.2 cm³/mol. The van der Waals surface area contributed by atoms with Crippen molar-refractivity contribution in [1.29, 1.82) is 0 Å². The van der Waals surface area contributed by atoms with Gasteiger partial charge in [0.25, 0.3) is 0 Å². The Kier molecular flexibility index (Phi) is 3.25. The van der Waals surface area contributed by atoms with Crippen LogP contribution in [0.25, 0.3) is 10.9 Å². The minimum atomic E-state index is -0.185. The number of rotatable bonds is 4. The zero-order valence-electron chi connectivity index (χ0n) is 9.73. The van der Waals surface area contributed by atoms with Gasteiger partial charge in [0.1, 0.15) is 5.82 Å². The Bertz CT molecular complexity index is 488. The molecule has 2 N–H and O–H groups in total. The van der Waals surface area contributed by atoms with Crippen LogP contribution in [0.15, 0.2) is 18.2 Å². The molecule has 0 aliphatic rings. The number of hydrogen-bond acceptors (Lipinski definition) is 1. The second-order valence-electron chi connectivity index (χ2n) is 4.13. The average molecular weight is 220 g/mol. The lowest BCUT2D eigenvalue weighted by Crippen LogP contribution is -2.08. The van der Waals surface area contributed by atoms with Crippen LogP contribution in [0.2, 0.25) is 0 Å². The normalized spacial score (nSPS) is 11.2. The molecule has 86 valence electrons. The first kappa shape index (κ1) is 11.1. The molecule has 0 amide bonds. The first-order valence-electron chi connectivity index (χ1n) is 5.63. The van der Waals surface area contributed by atoms with E-state index in [1.54, 1.807) is 6.07 Å². The molecule has 0 aliphatic carbocycles. The van der Waals surface area contributed by atoms with Gasteiger partial charge in [-0.3, -0.25) is 0 Å². The van der Waals surface area contributed by atoms with Gasteiger partial charge in [-0.15, -0.1) is 0 Å². The van der Waals surface area contributed by atoms with E-state index in [0.717, 1.165) is 30.3 Å². The van der Waals surface area contributed by atoms with E-state index < -0.39 is 0 Å². The Morgan fingerprint density at radius 2 is 2.19 bits per heavy atom. The van der Waals surface area contributed by atoms with E-state index in [0.29, 0.717) is 0 Å². The van der Waals surface area contributed by atoms with Crippen LogP contribution >= 0.6 is 0 Å². The summed E-state index contributed by atoms with van der Waals surface area (Å²) in [5, 5.41) is 4.25. The minimum Gasteiger partial charge on any atom is -0.358 e. The highest BCUT2D eigenvalue weighted by atomic mass is 19.1. The van der Waals surface area contributed by atoms with Crippen molar-refractivity contribution in [2.24, 2.45) is 0 Å². The van der Waals surface area contributed by atoms with E-state index in [1.807, 2.05) is 13.1 Å². The Morgan fingerprint density at radius 1 is 1.38 bits per heavy atom. The number of aromatic amines is 1. The van der Waals surface area contributed by atoms with Crippen molar-refractivity contribution in [1.82, 2.24) is 10.3 Å². The second-order valence-corrected chi connectivity index (χ2v) is 4.13. The van der Waals surface area contributed by atoms with Crippen LogP contribution in [0.3, 0.4) is 0 Å². The number of halogens is 1. The second kappa shape index (κ2) is 4.66. The van der Waals surface area contributed by atoms with Crippen molar-refractivity contribution in [2.45, 2.75) is 19.8 Å². The molecule has 3 heteroatoms. The molecule has 2 aromatic rings. The molecule has 1 aromatic carbocycles. The highest BCUT2D eigenvalue weighted by Crippen LogP contribution is 2.23. The summed E-state index contributed by atoms with van der Waals surface area (Å²) < 4.78 is 13.1. The molecule has 0 aliphatic heterocycles. The summed E-state index contributed by atoms with van der Waals surface area (Å²) >= 11 is 0. The molecule has 0 saturated heterocycles. The van der Waals surface area contributed by atoms with Crippen molar-refractivity contribution >= 4 is 10.9 Å². The van der Waals surface area contributed by atoms with E-state index >= 15 is 0 Å². The third-order valence-electron chi connectivity index (χ3n) is 2.98. The lowest BCUT2D eigenvalue weighted by Gasteiger charge is -1.99. The fraction of sp³-hybridized carbons (Fsp3) is 0.385. The topological polar surface area (TPSA) is 27.8 Å². The molecule has 2 nitrogen and oxygen atoms in total. The molecular formula is C13H17FN2. The Labute approximate surface area is 94.9 Å². The van der Waals surface area contributed by atoms with Gasteiger partial charge in [0.2, 0.25) is 0 Å². The third-order valence-corrected chi connectivity index (χ3v) is 2.98. The molecule has 1 aromatic heterocycles. The zero-order valence-corrected chi connectivity index (χ0v) is 9.73. The number of fused-ring (bicyclic) bond motifs is 1. The summed E-state index contributed by atoms with van der Waals surface area (Å²) in [6.07, 6.45) is 2.09. The van der Waals surface area contributed by atoms with Gasteiger partial charge in [-0.25, -0.2) is 4.39 Å². The lowest BCUT2D eigenvalue weighted by atomic mass is 10.1. The predicted octanol–water partition coefficient (Wildman–Crippen LogP) is 2.77. The summed E-state index contributed by atoms with van der Waals surface area (Å²) in [7, 11) is 1.95. The van der Waals surface area contributed by atoms with Gasteiger partial charge in [0.05, 0.1) is 0 Å². The van der Waals surface area contributed by atoms with E-state index in [9.17, 15) is 4.39 Å². The maximum Gasteiger partial charge on any atom is 0.125 e. The van der Waals surface area contributed by atoms with Gasteiger partial charge in [-0.1, -0.05) is 0 Å². The number of hydrogen-bond donors (Lipinski definition) is 2. The average Bonchev–Trinajstić information content (AvgIpc) is 2.56. The standard InChI is InChI=1S/C13H17FN2/c1-9-11-6-5-10(14)8-13(11)16-12(9)4-3-7-15-2/h5-6,8,15-16H,3-4,7H2,1-2H3. The molecule has 0 unspecified atom stereocenters. The molecule has 0 spiro atoms. The quantitative estimate of drug-likeness (QED) is 0.762. The Hall–Kier alpha value is -1.35. The molecular weight excluding hydrogens is 203 g/mol. The maximum absolute atomic E-state index is 13.1. The van der Waals surface area contributed by atoms with Crippen molar-refractivity contribution in [3.8, 4) is 0 Å². The highest BCUT2D eigenvalue weighted by Gasteiger charge is 2.07. The van der Waals surface area contributed by atoms with Gasteiger partial charge in [-0.2, -0.15) is 0 Å². The molecule has 16 heavy (non-hydrogen) atoms. The van der Waals surface area contributed by atoms with Gasteiger partial charge in [0.15, 0.2) is 0 Å². The van der Waals surface area contributed by atoms with Gasteiger partial charge in [0, 0.05) is 16.6 Å². The third kappa shape index (κ3) is 2.09. The van der Waals surface area contributed by atoms with Crippen molar-refractivity contribution in [3.63, 3.8) is 0 Å².